The second-order valence-corrected chi connectivity index (χ2v) is 6.36. The number of likely N-dealkylation sites (tertiary alicyclic amines) is 1. The molecule has 4 heteroatoms. The van der Waals surface area contributed by atoms with Crippen molar-refractivity contribution in [3.63, 3.8) is 0 Å². The monoisotopic (exact) mass is 325 g/mol. The van der Waals surface area contributed by atoms with E-state index in [-0.39, 0.29) is 18.6 Å². The Labute approximate surface area is 142 Å². The number of carbonyl (C=O) groups excluding carboxylic acids is 1. The number of benzene rings is 2. The van der Waals surface area contributed by atoms with Gasteiger partial charge < -0.3 is 14.7 Å². The van der Waals surface area contributed by atoms with Crippen LogP contribution < -0.4 is 0 Å². The highest BCUT2D eigenvalue weighted by atomic mass is 16.6. The van der Waals surface area contributed by atoms with Gasteiger partial charge in [-0.15, -0.1) is 0 Å². The molecule has 2 aromatic carbocycles. The molecule has 24 heavy (non-hydrogen) atoms. The van der Waals surface area contributed by atoms with Gasteiger partial charge in [-0.2, -0.15) is 0 Å². The van der Waals surface area contributed by atoms with Crippen molar-refractivity contribution in [2.75, 3.05) is 13.1 Å². The van der Waals surface area contributed by atoms with Crippen LogP contribution in [0, 0.1) is 6.92 Å². The van der Waals surface area contributed by atoms with Crippen molar-refractivity contribution in [1.82, 2.24) is 4.90 Å². The molecule has 0 spiro atoms. The van der Waals surface area contributed by atoms with Crippen LogP contribution >= 0.6 is 0 Å². The summed E-state index contributed by atoms with van der Waals surface area (Å²) in [5.41, 5.74) is 3.29. The Morgan fingerprint density at radius 3 is 2.54 bits per heavy atom. The highest BCUT2D eigenvalue weighted by molar-refractivity contribution is 5.67. The van der Waals surface area contributed by atoms with Crippen LogP contribution in [0.3, 0.4) is 0 Å². The number of nitrogens with zero attached hydrogens (tertiary/aromatic N) is 1. The average Bonchev–Trinajstić information content (AvgIpc) is 2.61. The van der Waals surface area contributed by atoms with Crippen molar-refractivity contribution in [1.29, 1.82) is 0 Å². The fourth-order valence-electron chi connectivity index (χ4n) is 3.11. The topological polar surface area (TPSA) is 49.8 Å². The van der Waals surface area contributed by atoms with E-state index in [9.17, 15) is 9.90 Å². The summed E-state index contributed by atoms with van der Waals surface area (Å²) in [4.78, 5) is 13.8. The van der Waals surface area contributed by atoms with E-state index in [4.69, 9.17) is 4.74 Å². The summed E-state index contributed by atoms with van der Waals surface area (Å²) >= 11 is 0. The zero-order chi connectivity index (χ0) is 16.9. The van der Waals surface area contributed by atoms with Crippen LogP contribution in [0.25, 0.3) is 0 Å². The normalized spacial score (nSPS) is 20.7. The molecule has 3 rings (SSSR count). The van der Waals surface area contributed by atoms with E-state index in [0.29, 0.717) is 13.1 Å². The first kappa shape index (κ1) is 16.5. The molecule has 4 nitrogen and oxygen atoms in total. The summed E-state index contributed by atoms with van der Waals surface area (Å²) < 4.78 is 5.35. The maximum absolute atomic E-state index is 12.2. The van der Waals surface area contributed by atoms with Gasteiger partial charge in [0.05, 0.1) is 12.6 Å². The molecule has 0 aliphatic carbocycles. The minimum Gasteiger partial charge on any atom is -0.445 e. The van der Waals surface area contributed by atoms with Crippen LogP contribution in [0.5, 0.6) is 0 Å². The lowest BCUT2D eigenvalue weighted by Gasteiger charge is -2.35. The lowest BCUT2D eigenvalue weighted by Crippen LogP contribution is -2.45. The molecule has 1 aliphatic heterocycles. The fourth-order valence-corrected chi connectivity index (χ4v) is 3.11. The van der Waals surface area contributed by atoms with Crippen molar-refractivity contribution in [2.45, 2.75) is 32.0 Å². The molecule has 1 amide bonds. The number of aliphatic hydroxyl groups excluding tert-OH is 1. The fraction of sp³-hybridized carbons (Fsp3) is 0.350. The number of amides is 1. The Morgan fingerprint density at radius 2 is 1.88 bits per heavy atom. The molecule has 0 unspecified atom stereocenters. The van der Waals surface area contributed by atoms with Crippen LogP contribution in [0.15, 0.2) is 54.6 Å². The lowest BCUT2D eigenvalue weighted by atomic mass is 9.87. The van der Waals surface area contributed by atoms with Gasteiger partial charge in [0.2, 0.25) is 0 Å². The van der Waals surface area contributed by atoms with E-state index in [1.807, 2.05) is 37.3 Å². The molecular formula is C20H23NO3. The van der Waals surface area contributed by atoms with Gasteiger partial charge in [0.15, 0.2) is 0 Å². The Balaban J connectivity index is 1.54. The lowest BCUT2D eigenvalue weighted by molar-refractivity contribution is 0.0344. The Bertz CT molecular complexity index is 669. The molecule has 1 saturated heterocycles. The van der Waals surface area contributed by atoms with Gasteiger partial charge >= 0.3 is 6.09 Å². The molecule has 0 radical (unpaired) electrons. The molecule has 1 heterocycles. The zero-order valence-electron chi connectivity index (χ0n) is 13.9. The quantitative estimate of drug-likeness (QED) is 0.940. The third-order valence-corrected chi connectivity index (χ3v) is 4.55. The molecule has 2 aromatic rings. The van der Waals surface area contributed by atoms with Crippen molar-refractivity contribution in [2.24, 2.45) is 0 Å². The number of β-amino-alcohol motifs (C(OH)–C–C–N with tert-alkyl or cyclic N) is 1. The van der Waals surface area contributed by atoms with Crippen LogP contribution in [0.2, 0.25) is 0 Å². The van der Waals surface area contributed by atoms with Gasteiger partial charge in [0.25, 0.3) is 0 Å². The van der Waals surface area contributed by atoms with Crippen LogP contribution in [0.4, 0.5) is 4.79 Å². The predicted molar refractivity (Wildman–Crippen MR) is 92.7 cm³/mol. The van der Waals surface area contributed by atoms with E-state index >= 15 is 0 Å². The number of aliphatic hydroxyl groups is 1. The summed E-state index contributed by atoms with van der Waals surface area (Å²) in [6.07, 6.45) is -0.184. The summed E-state index contributed by atoms with van der Waals surface area (Å²) in [6, 6.07) is 17.8. The molecule has 126 valence electrons. The minimum absolute atomic E-state index is 0.0729. The smallest absolute Gasteiger partial charge is 0.410 e. The van der Waals surface area contributed by atoms with Gasteiger partial charge in [-0.3, -0.25) is 0 Å². The molecule has 0 bridgehead atoms. The summed E-state index contributed by atoms with van der Waals surface area (Å²) in [7, 11) is 0. The van der Waals surface area contributed by atoms with Crippen LogP contribution in [-0.2, 0) is 11.3 Å². The molecule has 0 saturated carbocycles. The largest absolute Gasteiger partial charge is 0.445 e. The summed E-state index contributed by atoms with van der Waals surface area (Å²) in [5.74, 6) is 0.0729. The standard InChI is InChI=1S/C20H23NO3/c1-15-7-9-17(10-8-15)18-11-12-21(13-19(18)22)20(23)24-14-16-5-3-2-4-6-16/h2-10,18-19,22H,11-14H2,1H3/t18-,19+/m1/s1. The maximum Gasteiger partial charge on any atom is 0.410 e. The second kappa shape index (κ2) is 7.49. The molecule has 0 aromatic heterocycles. The first-order valence-corrected chi connectivity index (χ1v) is 8.34. The first-order valence-electron chi connectivity index (χ1n) is 8.34. The van der Waals surface area contributed by atoms with Gasteiger partial charge in [0, 0.05) is 12.5 Å². The first-order chi connectivity index (χ1) is 11.6. The van der Waals surface area contributed by atoms with E-state index in [2.05, 4.69) is 24.3 Å². The second-order valence-electron chi connectivity index (χ2n) is 6.36. The maximum atomic E-state index is 12.2. The van der Waals surface area contributed by atoms with E-state index in [1.165, 1.54) is 5.56 Å². The van der Waals surface area contributed by atoms with E-state index in [0.717, 1.165) is 17.5 Å². The number of hydrogen-bond acceptors (Lipinski definition) is 3. The molecule has 1 N–H and O–H groups in total. The third-order valence-electron chi connectivity index (χ3n) is 4.55. The summed E-state index contributed by atoms with van der Waals surface area (Å²) in [5, 5.41) is 10.4. The van der Waals surface area contributed by atoms with E-state index < -0.39 is 6.10 Å². The Kier molecular flexibility index (Phi) is 5.16. The molecule has 1 fully saturated rings. The van der Waals surface area contributed by atoms with E-state index in [1.54, 1.807) is 4.90 Å². The zero-order valence-corrected chi connectivity index (χ0v) is 13.9. The highest BCUT2D eigenvalue weighted by Crippen LogP contribution is 2.29. The Hall–Kier alpha value is -2.33. The minimum atomic E-state index is -0.564. The highest BCUT2D eigenvalue weighted by Gasteiger charge is 2.31. The molecule has 2 atom stereocenters. The van der Waals surface area contributed by atoms with Crippen molar-refractivity contribution >= 4 is 6.09 Å². The predicted octanol–water partition coefficient (Wildman–Crippen LogP) is 3.48. The summed E-state index contributed by atoms with van der Waals surface area (Å²) in [6.45, 7) is 3.22. The van der Waals surface area contributed by atoms with Gasteiger partial charge in [-0.05, 0) is 24.5 Å². The number of carbonyl (C=O) groups is 1. The van der Waals surface area contributed by atoms with Crippen molar-refractivity contribution in [3.8, 4) is 0 Å². The van der Waals surface area contributed by atoms with Crippen molar-refractivity contribution < 1.29 is 14.6 Å². The molecular weight excluding hydrogens is 302 g/mol. The number of rotatable bonds is 3. The number of aryl methyl sites for hydroxylation is 1. The third kappa shape index (κ3) is 3.95. The average molecular weight is 325 g/mol. The van der Waals surface area contributed by atoms with Crippen molar-refractivity contribution in [3.05, 3.63) is 71.3 Å². The van der Waals surface area contributed by atoms with Crippen LogP contribution in [0.1, 0.15) is 29.0 Å². The number of piperidine rings is 1. The number of hydrogen-bond donors (Lipinski definition) is 1. The Morgan fingerprint density at radius 1 is 1.17 bits per heavy atom. The molecule has 1 aliphatic rings. The SMILES string of the molecule is Cc1ccc([C@H]2CCN(C(=O)OCc3ccccc3)C[C@@H]2O)cc1. The van der Waals surface area contributed by atoms with Gasteiger partial charge in [-0.25, -0.2) is 4.79 Å². The van der Waals surface area contributed by atoms with Gasteiger partial charge in [0.1, 0.15) is 6.61 Å². The number of ether oxygens (including phenoxy) is 1. The van der Waals surface area contributed by atoms with Gasteiger partial charge in [-0.1, -0.05) is 60.2 Å². The van der Waals surface area contributed by atoms with Crippen LogP contribution in [-0.4, -0.2) is 35.3 Å².